The number of aliphatic hydroxyl groups is 1. The number of aliphatic hydroxyl groups excluding tert-OH is 1. The first-order valence-electron chi connectivity index (χ1n) is 3.86. The summed E-state index contributed by atoms with van der Waals surface area (Å²) in [6, 6.07) is 5.81. The zero-order valence-electron chi connectivity index (χ0n) is 6.70. The number of rotatable bonds is 3. The Labute approximate surface area is 70.8 Å². The standard InChI is InChI=1S/C9H12FNO/c10-8-3-1-7(2-4-8)9(11)5-6-12/h1-4,9,12H,5-6,11H2/t9-/m0/s1. The second kappa shape index (κ2) is 4.18. The molecular weight excluding hydrogens is 157 g/mol. The lowest BCUT2D eigenvalue weighted by molar-refractivity contribution is 0.276. The third-order valence-electron chi connectivity index (χ3n) is 1.74. The summed E-state index contributed by atoms with van der Waals surface area (Å²) in [5.41, 5.74) is 6.53. The van der Waals surface area contributed by atoms with Crippen molar-refractivity contribution in [1.82, 2.24) is 0 Å². The lowest BCUT2D eigenvalue weighted by Gasteiger charge is -2.09. The van der Waals surface area contributed by atoms with E-state index < -0.39 is 0 Å². The molecule has 2 nitrogen and oxygen atoms in total. The Bertz CT molecular complexity index is 235. The van der Waals surface area contributed by atoms with E-state index in [4.69, 9.17) is 10.8 Å². The molecule has 0 aliphatic heterocycles. The molecule has 0 spiro atoms. The molecule has 1 rings (SSSR count). The van der Waals surface area contributed by atoms with E-state index in [1.165, 1.54) is 12.1 Å². The molecule has 0 amide bonds. The number of hydrogen-bond acceptors (Lipinski definition) is 2. The van der Waals surface area contributed by atoms with Gasteiger partial charge in [0.15, 0.2) is 0 Å². The minimum Gasteiger partial charge on any atom is -0.396 e. The summed E-state index contributed by atoms with van der Waals surface area (Å²) in [5, 5.41) is 8.60. The highest BCUT2D eigenvalue weighted by Crippen LogP contribution is 2.13. The van der Waals surface area contributed by atoms with Gasteiger partial charge in [-0.1, -0.05) is 12.1 Å². The molecule has 1 atom stereocenters. The Kier molecular flexibility index (Phi) is 3.19. The Balaban J connectivity index is 2.68. The molecule has 0 fully saturated rings. The second-order valence-corrected chi connectivity index (χ2v) is 2.67. The average molecular weight is 169 g/mol. The summed E-state index contributed by atoms with van der Waals surface area (Å²) < 4.78 is 12.4. The monoisotopic (exact) mass is 169 g/mol. The van der Waals surface area contributed by atoms with Gasteiger partial charge in [0.25, 0.3) is 0 Å². The quantitative estimate of drug-likeness (QED) is 0.714. The van der Waals surface area contributed by atoms with Crippen LogP contribution in [0.1, 0.15) is 18.0 Å². The van der Waals surface area contributed by atoms with E-state index in [1.807, 2.05) is 0 Å². The molecule has 1 aromatic carbocycles. The van der Waals surface area contributed by atoms with Crippen LogP contribution in [0.4, 0.5) is 4.39 Å². The average Bonchev–Trinajstić information content (AvgIpc) is 2.06. The molecule has 0 bridgehead atoms. The molecule has 0 saturated carbocycles. The summed E-state index contributed by atoms with van der Waals surface area (Å²) in [4.78, 5) is 0. The van der Waals surface area contributed by atoms with Crippen LogP contribution < -0.4 is 5.73 Å². The molecule has 1 aromatic rings. The van der Waals surface area contributed by atoms with Gasteiger partial charge in [-0.05, 0) is 24.1 Å². The van der Waals surface area contributed by atoms with Gasteiger partial charge < -0.3 is 10.8 Å². The molecule has 0 heterocycles. The minimum absolute atomic E-state index is 0.0541. The molecule has 0 radical (unpaired) electrons. The third-order valence-corrected chi connectivity index (χ3v) is 1.74. The van der Waals surface area contributed by atoms with Crippen LogP contribution in [-0.4, -0.2) is 11.7 Å². The molecule has 0 aliphatic carbocycles. The summed E-state index contributed by atoms with van der Waals surface area (Å²) in [5.74, 6) is -0.269. The van der Waals surface area contributed by atoms with E-state index in [1.54, 1.807) is 12.1 Å². The van der Waals surface area contributed by atoms with Crippen molar-refractivity contribution in [3.05, 3.63) is 35.6 Å². The number of hydrogen-bond donors (Lipinski definition) is 2. The Hall–Kier alpha value is -0.930. The normalized spacial score (nSPS) is 12.9. The Morgan fingerprint density at radius 1 is 1.33 bits per heavy atom. The molecule has 12 heavy (non-hydrogen) atoms. The van der Waals surface area contributed by atoms with Crippen molar-refractivity contribution in [2.75, 3.05) is 6.61 Å². The highest BCUT2D eigenvalue weighted by atomic mass is 19.1. The molecule has 66 valence electrons. The predicted molar refractivity (Wildman–Crippen MR) is 45.0 cm³/mol. The van der Waals surface area contributed by atoms with Crippen LogP contribution in [0.25, 0.3) is 0 Å². The van der Waals surface area contributed by atoms with Crippen LogP contribution in [0.5, 0.6) is 0 Å². The molecule has 0 unspecified atom stereocenters. The van der Waals surface area contributed by atoms with Crippen LogP contribution in [0.3, 0.4) is 0 Å². The Morgan fingerprint density at radius 3 is 2.42 bits per heavy atom. The molecule has 0 aromatic heterocycles. The van der Waals surface area contributed by atoms with Gasteiger partial charge in [-0.2, -0.15) is 0 Å². The summed E-state index contributed by atoms with van der Waals surface area (Å²) >= 11 is 0. The van der Waals surface area contributed by atoms with E-state index in [0.29, 0.717) is 6.42 Å². The van der Waals surface area contributed by atoms with Gasteiger partial charge in [0.1, 0.15) is 5.82 Å². The van der Waals surface area contributed by atoms with Crippen molar-refractivity contribution in [3.8, 4) is 0 Å². The van der Waals surface area contributed by atoms with Crippen LogP contribution in [0.15, 0.2) is 24.3 Å². The lowest BCUT2D eigenvalue weighted by Crippen LogP contribution is -2.11. The van der Waals surface area contributed by atoms with Gasteiger partial charge >= 0.3 is 0 Å². The van der Waals surface area contributed by atoms with Crippen LogP contribution in [-0.2, 0) is 0 Å². The van der Waals surface area contributed by atoms with E-state index >= 15 is 0 Å². The van der Waals surface area contributed by atoms with E-state index in [0.717, 1.165) is 5.56 Å². The SMILES string of the molecule is N[C@@H](CCO)c1ccc(F)cc1. The molecular formula is C9H12FNO. The zero-order valence-corrected chi connectivity index (χ0v) is 6.70. The Morgan fingerprint density at radius 2 is 1.92 bits per heavy atom. The van der Waals surface area contributed by atoms with Gasteiger partial charge in [0, 0.05) is 12.6 Å². The zero-order chi connectivity index (χ0) is 8.97. The fourth-order valence-electron chi connectivity index (χ4n) is 1.02. The summed E-state index contributed by atoms with van der Waals surface area (Å²) in [6.07, 6.45) is 0.506. The van der Waals surface area contributed by atoms with Gasteiger partial charge in [0.2, 0.25) is 0 Å². The van der Waals surface area contributed by atoms with Crippen LogP contribution in [0, 0.1) is 5.82 Å². The van der Waals surface area contributed by atoms with Crippen LogP contribution >= 0.6 is 0 Å². The third kappa shape index (κ3) is 2.29. The maximum absolute atomic E-state index is 12.4. The van der Waals surface area contributed by atoms with E-state index in [2.05, 4.69) is 0 Å². The smallest absolute Gasteiger partial charge is 0.123 e. The highest BCUT2D eigenvalue weighted by Gasteiger charge is 2.03. The molecule has 0 saturated heterocycles. The molecule has 0 aliphatic rings. The van der Waals surface area contributed by atoms with Gasteiger partial charge in [-0.15, -0.1) is 0 Å². The minimum atomic E-state index is -0.269. The van der Waals surface area contributed by atoms with Gasteiger partial charge in [-0.3, -0.25) is 0 Å². The molecule has 3 N–H and O–H groups in total. The maximum atomic E-state index is 12.4. The van der Waals surface area contributed by atoms with Crippen LogP contribution in [0.2, 0.25) is 0 Å². The highest BCUT2D eigenvalue weighted by molar-refractivity contribution is 5.19. The first-order chi connectivity index (χ1) is 5.74. The fourth-order valence-corrected chi connectivity index (χ4v) is 1.02. The van der Waals surface area contributed by atoms with Crippen molar-refractivity contribution in [1.29, 1.82) is 0 Å². The van der Waals surface area contributed by atoms with Gasteiger partial charge in [0.05, 0.1) is 0 Å². The number of halogens is 1. The van der Waals surface area contributed by atoms with E-state index in [9.17, 15) is 4.39 Å². The number of nitrogens with two attached hydrogens (primary N) is 1. The van der Waals surface area contributed by atoms with Crippen molar-refractivity contribution in [3.63, 3.8) is 0 Å². The summed E-state index contributed by atoms with van der Waals surface area (Å²) in [6.45, 7) is 0.0541. The predicted octanol–water partition coefficient (Wildman–Crippen LogP) is 1.21. The number of benzene rings is 1. The lowest BCUT2D eigenvalue weighted by atomic mass is 10.1. The second-order valence-electron chi connectivity index (χ2n) is 2.67. The summed E-state index contributed by atoms with van der Waals surface area (Å²) in [7, 11) is 0. The first kappa shape index (κ1) is 9.16. The van der Waals surface area contributed by atoms with Crippen molar-refractivity contribution >= 4 is 0 Å². The van der Waals surface area contributed by atoms with Crippen molar-refractivity contribution < 1.29 is 9.50 Å². The maximum Gasteiger partial charge on any atom is 0.123 e. The van der Waals surface area contributed by atoms with Crippen molar-refractivity contribution in [2.45, 2.75) is 12.5 Å². The largest absolute Gasteiger partial charge is 0.396 e. The first-order valence-corrected chi connectivity index (χ1v) is 3.86. The fraction of sp³-hybridized carbons (Fsp3) is 0.333. The topological polar surface area (TPSA) is 46.2 Å². The van der Waals surface area contributed by atoms with Gasteiger partial charge in [-0.25, -0.2) is 4.39 Å². The van der Waals surface area contributed by atoms with Crippen molar-refractivity contribution in [2.24, 2.45) is 5.73 Å². The molecule has 3 heteroatoms. The van der Waals surface area contributed by atoms with E-state index in [-0.39, 0.29) is 18.5 Å².